The van der Waals surface area contributed by atoms with E-state index in [4.69, 9.17) is 15.5 Å². The van der Waals surface area contributed by atoms with Gasteiger partial charge in [-0.3, -0.25) is 0 Å². The van der Waals surface area contributed by atoms with Crippen LogP contribution in [0.5, 0.6) is 5.75 Å². The van der Waals surface area contributed by atoms with Crippen LogP contribution in [-0.2, 0) is 6.42 Å². The van der Waals surface area contributed by atoms with Gasteiger partial charge in [-0.2, -0.15) is 4.98 Å². The van der Waals surface area contributed by atoms with Crippen molar-refractivity contribution in [3.63, 3.8) is 0 Å². The number of rotatable bonds is 2. The summed E-state index contributed by atoms with van der Waals surface area (Å²) in [4.78, 5) is 10.4. The molecule has 0 spiro atoms. The molecule has 0 saturated heterocycles. The van der Waals surface area contributed by atoms with E-state index in [0.717, 1.165) is 38.7 Å². The van der Waals surface area contributed by atoms with Crippen LogP contribution >= 0.6 is 27.3 Å². The monoisotopic (exact) mass is 405 g/mol. The Morgan fingerprint density at radius 1 is 1.33 bits per heavy atom. The van der Waals surface area contributed by atoms with Crippen molar-refractivity contribution in [1.29, 1.82) is 0 Å². The Morgan fingerprint density at radius 2 is 2.17 bits per heavy atom. The van der Waals surface area contributed by atoms with Gasteiger partial charge >= 0.3 is 0 Å². The van der Waals surface area contributed by atoms with Crippen LogP contribution in [0.15, 0.2) is 22.7 Å². The number of thiazole rings is 1. The van der Waals surface area contributed by atoms with Crippen molar-refractivity contribution in [3.8, 4) is 27.8 Å². The van der Waals surface area contributed by atoms with Gasteiger partial charge in [0.25, 0.3) is 0 Å². The lowest BCUT2D eigenvalue weighted by Crippen LogP contribution is -2.05. The van der Waals surface area contributed by atoms with Crippen molar-refractivity contribution in [2.45, 2.75) is 26.3 Å². The lowest BCUT2D eigenvalue weighted by molar-refractivity contribution is 0.327. The standard InChI is InChI=1S/C16H16BrN5OS/c1-8(2)22-14(20-16(18)21-22)15-19-13-10-4-3-9(17)7-11(10)23-6-5-12(13)24-15/h3-4,7-8H,5-6H2,1-2H3,(H2,18,21). The van der Waals surface area contributed by atoms with Gasteiger partial charge in [-0.15, -0.1) is 16.4 Å². The van der Waals surface area contributed by atoms with Gasteiger partial charge in [0.05, 0.1) is 12.3 Å². The third kappa shape index (κ3) is 2.59. The fourth-order valence-electron chi connectivity index (χ4n) is 2.74. The minimum Gasteiger partial charge on any atom is -0.492 e. The number of nitrogen functional groups attached to an aromatic ring is 1. The quantitative estimate of drug-likeness (QED) is 0.698. The van der Waals surface area contributed by atoms with Crippen LogP contribution in [0.1, 0.15) is 24.8 Å². The number of hydrogen-bond acceptors (Lipinski definition) is 6. The molecular formula is C16H16BrN5OS. The molecule has 0 unspecified atom stereocenters. The van der Waals surface area contributed by atoms with E-state index in [9.17, 15) is 0 Å². The summed E-state index contributed by atoms with van der Waals surface area (Å²) in [5.74, 6) is 1.85. The SMILES string of the molecule is CC(C)n1nc(N)nc1-c1nc2c(s1)CCOc1cc(Br)ccc1-2. The Balaban J connectivity index is 1.87. The van der Waals surface area contributed by atoms with Gasteiger partial charge in [-0.1, -0.05) is 15.9 Å². The van der Waals surface area contributed by atoms with Gasteiger partial charge in [-0.25, -0.2) is 9.67 Å². The van der Waals surface area contributed by atoms with Crippen molar-refractivity contribution < 1.29 is 4.74 Å². The Hall–Kier alpha value is -1.93. The van der Waals surface area contributed by atoms with Crippen molar-refractivity contribution in [2.24, 2.45) is 0 Å². The van der Waals surface area contributed by atoms with Crippen molar-refractivity contribution in [1.82, 2.24) is 19.7 Å². The average Bonchev–Trinajstić information content (AvgIpc) is 3.07. The van der Waals surface area contributed by atoms with E-state index < -0.39 is 0 Å². The molecule has 4 rings (SSSR count). The molecule has 0 fully saturated rings. The highest BCUT2D eigenvalue weighted by atomic mass is 79.9. The summed E-state index contributed by atoms with van der Waals surface area (Å²) in [5, 5.41) is 5.13. The van der Waals surface area contributed by atoms with Crippen LogP contribution in [0.3, 0.4) is 0 Å². The number of nitrogens with two attached hydrogens (primary N) is 1. The summed E-state index contributed by atoms with van der Waals surface area (Å²) >= 11 is 5.13. The molecule has 3 aromatic rings. The Labute approximate surface area is 151 Å². The number of nitrogens with zero attached hydrogens (tertiary/aromatic N) is 4. The highest BCUT2D eigenvalue weighted by Crippen LogP contribution is 2.41. The zero-order chi connectivity index (χ0) is 16.8. The van der Waals surface area contributed by atoms with Crippen LogP contribution < -0.4 is 10.5 Å². The van der Waals surface area contributed by atoms with Gasteiger partial charge < -0.3 is 10.5 Å². The molecule has 8 heteroatoms. The molecule has 3 heterocycles. The minimum absolute atomic E-state index is 0.167. The van der Waals surface area contributed by atoms with Crippen molar-refractivity contribution in [3.05, 3.63) is 27.5 Å². The Bertz CT molecular complexity index is 917. The highest BCUT2D eigenvalue weighted by Gasteiger charge is 2.24. The lowest BCUT2D eigenvalue weighted by atomic mass is 10.1. The molecule has 0 radical (unpaired) electrons. The lowest BCUT2D eigenvalue weighted by Gasteiger charge is -2.08. The first-order chi connectivity index (χ1) is 11.5. The molecule has 0 bridgehead atoms. The van der Waals surface area contributed by atoms with E-state index in [2.05, 4.69) is 39.9 Å². The highest BCUT2D eigenvalue weighted by molar-refractivity contribution is 9.10. The molecule has 124 valence electrons. The molecule has 0 aliphatic carbocycles. The first-order valence-electron chi connectivity index (χ1n) is 7.67. The number of aromatic nitrogens is 4. The van der Waals surface area contributed by atoms with Crippen LogP contribution in [0.4, 0.5) is 5.95 Å². The molecule has 0 saturated carbocycles. The van der Waals surface area contributed by atoms with E-state index in [1.807, 2.05) is 22.9 Å². The first-order valence-corrected chi connectivity index (χ1v) is 9.28. The minimum atomic E-state index is 0.167. The summed E-state index contributed by atoms with van der Waals surface area (Å²) in [5.41, 5.74) is 7.78. The Morgan fingerprint density at radius 3 is 2.96 bits per heavy atom. The average molecular weight is 406 g/mol. The zero-order valence-corrected chi connectivity index (χ0v) is 15.7. The van der Waals surface area contributed by atoms with Gasteiger partial charge in [0.1, 0.15) is 5.75 Å². The molecular weight excluding hydrogens is 390 g/mol. The molecule has 2 aromatic heterocycles. The maximum absolute atomic E-state index is 5.87. The van der Waals surface area contributed by atoms with Crippen molar-refractivity contribution in [2.75, 3.05) is 12.3 Å². The first kappa shape index (κ1) is 15.6. The number of ether oxygens (including phenoxy) is 1. The third-order valence-electron chi connectivity index (χ3n) is 3.81. The van der Waals surface area contributed by atoms with Gasteiger partial charge in [0, 0.05) is 27.4 Å². The number of benzene rings is 1. The zero-order valence-electron chi connectivity index (χ0n) is 13.3. The number of anilines is 1. The summed E-state index contributed by atoms with van der Waals surface area (Å²) in [6, 6.07) is 6.19. The van der Waals surface area contributed by atoms with Gasteiger partial charge in [-0.05, 0) is 32.0 Å². The molecule has 6 nitrogen and oxygen atoms in total. The summed E-state index contributed by atoms with van der Waals surface area (Å²) in [7, 11) is 0. The van der Waals surface area contributed by atoms with E-state index in [0.29, 0.717) is 6.61 Å². The van der Waals surface area contributed by atoms with Crippen LogP contribution in [0.25, 0.3) is 22.1 Å². The summed E-state index contributed by atoms with van der Waals surface area (Å²) in [6.45, 7) is 4.74. The number of fused-ring (bicyclic) bond motifs is 3. The number of halogens is 1. The summed E-state index contributed by atoms with van der Waals surface area (Å²) < 4.78 is 8.68. The smallest absolute Gasteiger partial charge is 0.240 e. The maximum atomic E-state index is 5.87. The molecule has 1 aromatic carbocycles. The van der Waals surface area contributed by atoms with Crippen LogP contribution in [0, 0.1) is 0 Å². The molecule has 1 aliphatic rings. The fourth-order valence-corrected chi connectivity index (χ4v) is 4.12. The van der Waals surface area contributed by atoms with Crippen LogP contribution in [0.2, 0.25) is 0 Å². The molecule has 0 atom stereocenters. The van der Waals surface area contributed by atoms with E-state index in [-0.39, 0.29) is 12.0 Å². The third-order valence-corrected chi connectivity index (χ3v) is 5.42. The topological polar surface area (TPSA) is 78.9 Å². The van der Waals surface area contributed by atoms with Crippen LogP contribution in [-0.4, -0.2) is 26.4 Å². The predicted octanol–water partition coefficient (Wildman–Crippen LogP) is 3.93. The molecule has 2 N–H and O–H groups in total. The predicted molar refractivity (Wildman–Crippen MR) is 98.3 cm³/mol. The second kappa shape index (κ2) is 5.86. The fraction of sp³-hybridized carbons (Fsp3) is 0.312. The molecule has 1 aliphatic heterocycles. The normalized spacial score (nSPS) is 13.3. The molecule has 0 amide bonds. The second-order valence-corrected chi connectivity index (χ2v) is 7.86. The van der Waals surface area contributed by atoms with Gasteiger partial charge in [0.15, 0.2) is 10.8 Å². The van der Waals surface area contributed by atoms with E-state index >= 15 is 0 Å². The van der Waals surface area contributed by atoms with E-state index in [1.54, 1.807) is 11.3 Å². The second-order valence-electron chi connectivity index (χ2n) is 5.86. The van der Waals surface area contributed by atoms with E-state index in [1.165, 1.54) is 4.88 Å². The Kier molecular flexibility index (Phi) is 3.80. The van der Waals surface area contributed by atoms with Crippen molar-refractivity contribution >= 4 is 33.2 Å². The summed E-state index contributed by atoms with van der Waals surface area (Å²) in [6.07, 6.45) is 0.824. The van der Waals surface area contributed by atoms with Gasteiger partial charge in [0.2, 0.25) is 5.95 Å². The number of hydrogen-bond donors (Lipinski definition) is 1. The maximum Gasteiger partial charge on any atom is 0.240 e. The molecule has 24 heavy (non-hydrogen) atoms. The largest absolute Gasteiger partial charge is 0.492 e.